The van der Waals surface area contributed by atoms with Crippen molar-refractivity contribution in [1.29, 1.82) is 0 Å². The largest absolute Gasteiger partial charge is 0.490 e. The highest BCUT2D eigenvalue weighted by Crippen LogP contribution is 2.36. The lowest BCUT2D eigenvalue weighted by Crippen LogP contribution is -2.27. The molecule has 66 heavy (non-hydrogen) atoms. The number of nitrogens with zero attached hydrogens (tertiary/aromatic N) is 2. The van der Waals surface area contributed by atoms with E-state index in [-0.39, 0.29) is 13.2 Å². The Bertz CT molecular complexity index is 2570. The van der Waals surface area contributed by atoms with E-state index in [9.17, 15) is 35.9 Å². The number of anilines is 2. The first-order valence-corrected chi connectivity index (χ1v) is 20.1. The summed E-state index contributed by atoms with van der Waals surface area (Å²) < 4.78 is 85.9. The molecule has 0 amide bonds. The number of carbonyl (C=O) groups is 4. The number of carbonyl (C=O) groups excluding carboxylic acids is 2. The van der Waals surface area contributed by atoms with Crippen molar-refractivity contribution in [1.82, 2.24) is 9.97 Å². The molecule has 22 heteroatoms. The van der Waals surface area contributed by atoms with Gasteiger partial charge in [-0.3, -0.25) is 0 Å². The summed E-state index contributed by atoms with van der Waals surface area (Å²) in [5, 5.41) is 26.0. The van der Waals surface area contributed by atoms with Gasteiger partial charge < -0.3 is 39.8 Å². The Hall–Kier alpha value is -6.54. The van der Waals surface area contributed by atoms with E-state index in [0.717, 1.165) is 55.0 Å². The first-order chi connectivity index (χ1) is 30.5. The maximum Gasteiger partial charge on any atom is 0.490 e. The number of fused-ring (bicyclic) bond motifs is 4. The molecule has 0 radical (unpaired) electrons. The number of aromatic nitrogens is 2. The predicted octanol–water partition coefficient (Wildman–Crippen LogP) is 10.6. The van der Waals surface area contributed by atoms with Crippen molar-refractivity contribution < 1.29 is 74.7 Å². The molecule has 0 aliphatic rings. The van der Waals surface area contributed by atoms with Crippen LogP contribution < -0.4 is 20.1 Å². The molecule has 2 heterocycles. The Morgan fingerprint density at radius 3 is 1.17 bits per heavy atom. The van der Waals surface area contributed by atoms with Gasteiger partial charge in [0.15, 0.2) is 13.2 Å². The van der Waals surface area contributed by atoms with Crippen LogP contribution in [0.15, 0.2) is 72.8 Å². The number of rotatable bonds is 11. The molecular weight excluding hydrogens is 929 g/mol. The van der Waals surface area contributed by atoms with Gasteiger partial charge in [-0.15, -0.1) is 0 Å². The Balaban J connectivity index is 0.000000590. The second-order valence-electron chi connectivity index (χ2n) is 15.9. The molecule has 0 spiro atoms. The monoisotopic (exact) mass is 970 g/mol. The molecule has 4 N–H and O–H groups in total. The molecule has 0 saturated heterocycles. The zero-order valence-electron chi connectivity index (χ0n) is 35.8. The number of alkyl halides is 6. The fraction of sp³-hybridized carbons (Fsp3) is 0.318. The average Bonchev–Trinajstić information content (AvgIpc) is 3.18. The molecule has 0 unspecified atom stereocenters. The number of hydrogen-bond donors (Lipinski definition) is 4. The number of halogens is 8. The number of carboxylic acid groups (broad SMARTS) is 2. The quantitative estimate of drug-likeness (QED) is 0.0414. The first-order valence-electron chi connectivity index (χ1n) is 19.3. The summed E-state index contributed by atoms with van der Waals surface area (Å²) >= 11 is 12.7. The maximum atomic E-state index is 12.3. The van der Waals surface area contributed by atoms with E-state index in [4.69, 9.17) is 71.9 Å². The summed E-state index contributed by atoms with van der Waals surface area (Å²) in [7, 11) is 0. The Morgan fingerprint density at radius 1 is 0.530 bits per heavy atom. The van der Waals surface area contributed by atoms with E-state index in [1.807, 2.05) is 102 Å². The van der Waals surface area contributed by atoms with Crippen molar-refractivity contribution in [3.8, 4) is 11.5 Å². The van der Waals surface area contributed by atoms with Crippen LogP contribution in [0.5, 0.6) is 11.5 Å². The normalized spacial score (nSPS) is 11.8. The topological polar surface area (TPSA) is 196 Å². The highest BCUT2D eigenvalue weighted by Gasteiger charge is 2.39. The predicted molar refractivity (Wildman–Crippen MR) is 236 cm³/mol. The third-order valence-corrected chi connectivity index (χ3v) is 8.65. The number of ether oxygens (including phenoxy) is 4. The van der Waals surface area contributed by atoms with Crippen LogP contribution in [0.3, 0.4) is 0 Å². The second-order valence-corrected chi connectivity index (χ2v) is 16.7. The minimum atomic E-state index is -5.08. The van der Waals surface area contributed by atoms with Gasteiger partial charge in [0.1, 0.15) is 22.7 Å². The fourth-order valence-corrected chi connectivity index (χ4v) is 6.09. The van der Waals surface area contributed by atoms with Crippen molar-refractivity contribution in [2.45, 2.75) is 65.1 Å². The van der Waals surface area contributed by atoms with Crippen LogP contribution in [-0.4, -0.2) is 93.9 Å². The van der Waals surface area contributed by atoms with Crippen LogP contribution in [0.1, 0.15) is 41.5 Å². The van der Waals surface area contributed by atoms with E-state index in [2.05, 4.69) is 10.6 Å². The minimum absolute atomic E-state index is 0.223. The van der Waals surface area contributed by atoms with E-state index in [0.29, 0.717) is 34.6 Å². The molecule has 2 aromatic heterocycles. The summed E-state index contributed by atoms with van der Waals surface area (Å²) in [5.74, 6) is -5.41. The molecule has 6 rings (SSSR count). The number of benzene rings is 4. The van der Waals surface area contributed by atoms with Crippen LogP contribution in [0.2, 0.25) is 10.0 Å². The lowest BCUT2D eigenvalue weighted by atomic mass is 10.1. The van der Waals surface area contributed by atoms with Gasteiger partial charge in [0.25, 0.3) is 0 Å². The number of nitrogens with one attached hydrogen (secondary N) is 2. The smallest absolute Gasteiger partial charge is 0.482 e. The van der Waals surface area contributed by atoms with E-state index >= 15 is 0 Å². The minimum Gasteiger partial charge on any atom is -0.482 e. The molecule has 0 bridgehead atoms. The van der Waals surface area contributed by atoms with Gasteiger partial charge >= 0.3 is 36.2 Å². The fourth-order valence-electron chi connectivity index (χ4n) is 5.75. The highest BCUT2D eigenvalue weighted by atomic mass is 35.5. The van der Waals surface area contributed by atoms with Gasteiger partial charge in [-0.2, -0.15) is 26.3 Å². The van der Waals surface area contributed by atoms with Crippen LogP contribution in [0.4, 0.5) is 37.7 Å². The molecule has 6 aromatic rings. The summed E-state index contributed by atoms with van der Waals surface area (Å²) in [6.07, 6.45) is -10.2. The van der Waals surface area contributed by atoms with Gasteiger partial charge in [0.05, 0.1) is 33.4 Å². The Morgan fingerprint density at radius 2 is 0.864 bits per heavy atom. The van der Waals surface area contributed by atoms with Gasteiger partial charge in [-0.1, -0.05) is 23.2 Å². The number of pyridine rings is 2. The van der Waals surface area contributed by atoms with Crippen molar-refractivity contribution in [3.63, 3.8) is 0 Å². The SMILES string of the molecule is CC(C)(C)OC(=O)COc1ccc2nc3cc(Cl)ccc3c(NCCNc3c4ccc(Cl)cc4nc4ccc(OCC(=O)OC(C)(C)C)cc34)c2c1.O=C(O)C(F)(F)F.O=C(O)C(F)(F)F. The Labute approximate surface area is 382 Å². The Kier molecular flexibility index (Phi) is 16.7. The average molecular weight is 972 g/mol. The third-order valence-electron chi connectivity index (χ3n) is 8.18. The number of aliphatic carboxylic acids is 2. The zero-order chi connectivity index (χ0) is 49.4. The third kappa shape index (κ3) is 15.6. The van der Waals surface area contributed by atoms with Crippen molar-refractivity contribution in [2.75, 3.05) is 36.9 Å². The summed E-state index contributed by atoms with van der Waals surface area (Å²) in [5.41, 5.74) is 3.40. The van der Waals surface area contributed by atoms with Crippen LogP contribution in [-0.2, 0) is 28.7 Å². The van der Waals surface area contributed by atoms with Crippen molar-refractivity contribution in [2.24, 2.45) is 0 Å². The number of carboxylic acids is 2. The summed E-state index contributed by atoms with van der Waals surface area (Å²) in [6.45, 7) is 11.4. The molecule has 14 nitrogen and oxygen atoms in total. The zero-order valence-corrected chi connectivity index (χ0v) is 37.3. The van der Waals surface area contributed by atoms with Gasteiger partial charge in [0, 0.05) is 44.7 Å². The molecule has 4 aromatic carbocycles. The van der Waals surface area contributed by atoms with Crippen LogP contribution in [0, 0.1) is 0 Å². The molecular formula is C44H42Cl2F6N4O10. The highest BCUT2D eigenvalue weighted by molar-refractivity contribution is 6.32. The molecule has 0 atom stereocenters. The molecule has 0 fully saturated rings. The standard InChI is InChI=1S/C40H40Cl2N4O6.2C2HF3O2/c1-39(2,3)51-35(47)21-49-25-9-13-31-29(19-25)37(27-11-7-23(41)17-33(27)45-31)43-15-16-44-38-28-12-8-24(42)18-34(28)46-32-14-10-26(20-30(32)38)50-22-36(48)52-40(4,5)6;2*3-2(4,5)1(6)7/h7-14,17-20H,15-16,21-22H2,1-6H3,(H,43,45)(H,44,46);2*(H,6,7). The molecule has 354 valence electrons. The number of hydrogen-bond acceptors (Lipinski definition) is 12. The van der Waals surface area contributed by atoms with Gasteiger partial charge in [-0.25, -0.2) is 29.1 Å². The summed E-state index contributed by atoms with van der Waals surface area (Å²) in [4.78, 5) is 52.1. The molecule has 0 aliphatic heterocycles. The maximum absolute atomic E-state index is 12.3. The molecule has 0 aliphatic carbocycles. The molecule has 0 saturated carbocycles. The van der Waals surface area contributed by atoms with Gasteiger partial charge in [0.2, 0.25) is 0 Å². The van der Waals surface area contributed by atoms with Crippen molar-refractivity contribution >= 4 is 102 Å². The van der Waals surface area contributed by atoms with Crippen LogP contribution in [0.25, 0.3) is 43.6 Å². The summed E-state index contributed by atoms with van der Waals surface area (Å²) in [6, 6.07) is 22.2. The van der Waals surface area contributed by atoms with Crippen LogP contribution >= 0.6 is 23.2 Å². The second kappa shape index (κ2) is 21.2. The lowest BCUT2D eigenvalue weighted by molar-refractivity contribution is -0.193. The first kappa shape index (κ1) is 52.1. The van der Waals surface area contributed by atoms with Gasteiger partial charge in [-0.05, 0) is 114 Å². The van der Waals surface area contributed by atoms with E-state index < -0.39 is 47.4 Å². The number of esters is 2. The van der Waals surface area contributed by atoms with E-state index in [1.165, 1.54) is 0 Å². The lowest BCUT2D eigenvalue weighted by Gasteiger charge is -2.20. The van der Waals surface area contributed by atoms with E-state index in [1.54, 1.807) is 12.1 Å². The van der Waals surface area contributed by atoms with Crippen molar-refractivity contribution in [3.05, 3.63) is 82.8 Å².